The summed E-state index contributed by atoms with van der Waals surface area (Å²) in [5.41, 5.74) is -1.27. The van der Waals surface area contributed by atoms with Crippen LogP contribution in [-0.2, 0) is 18.3 Å². The molecule has 3 rings (SSSR count). The number of likely N-dealkylation sites (tertiary alicyclic amines) is 1. The van der Waals surface area contributed by atoms with Crippen molar-refractivity contribution in [1.82, 2.24) is 14.0 Å². The average molecular weight is 465 g/mol. The van der Waals surface area contributed by atoms with Crippen LogP contribution in [0.15, 0.2) is 46.1 Å². The van der Waals surface area contributed by atoms with E-state index in [1.807, 2.05) is 0 Å². The predicted molar refractivity (Wildman–Crippen MR) is 114 cm³/mol. The fourth-order valence-corrected chi connectivity index (χ4v) is 5.44. The van der Waals surface area contributed by atoms with Crippen LogP contribution in [0.3, 0.4) is 0 Å². The predicted octanol–water partition coefficient (Wildman–Crippen LogP) is 1.83. The number of ether oxygens (including phenoxy) is 1. The molecule has 2 aromatic rings. The van der Waals surface area contributed by atoms with Crippen LogP contribution in [0.2, 0.25) is 0 Å². The maximum Gasteiger partial charge on any atom is 0.410 e. The largest absolute Gasteiger partial charge is 0.453 e. The van der Waals surface area contributed by atoms with Crippen LogP contribution in [0.4, 0.5) is 4.79 Å². The van der Waals surface area contributed by atoms with Crippen LogP contribution in [-0.4, -0.2) is 59.7 Å². The number of carbonyl (C=O) groups excluding carboxylic acids is 2. The molecule has 1 saturated heterocycles. The molecule has 0 spiro atoms. The Hall–Kier alpha value is -3.01. The molecule has 11 nitrogen and oxygen atoms in total. The molecule has 1 aliphatic rings. The lowest BCUT2D eigenvalue weighted by Gasteiger charge is -2.27. The van der Waals surface area contributed by atoms with Crippen molar-refractivity contribution in [2.45, 2.75) is 25.2 Å². The van der Waals surface area contributed by atoms with E-state index < -0.39 is 42.7 Å². The first kappa shape index (κ1) is 23.6. The van der Waals surface area contributed by atoms with Crippen molar-refractivity contribution in [2.24, 2.45) is 0 Å². The van der Waals surface area contributed by atoms with Gasteiger partial charge < -0.3 is 13.8 Å². The van der Waals surface area contributed by atoms with Gasteiger partial charge in [-0.15, -0.1) is 0 Å². The van der Waals surface area contributed by atoms with Gasteiger partial charge in [0, 0.05) is 44.5 Å². The molecule has 1 amide bonds. The molecule has 1 fully saturated rings. The lowest BCUT2D eigenvalue weighted by atomic mass is 10.2. The Kier molecular flexibility index (Phi) is 6.82. The number of amides is 1. The highest BCUT2D eigenvalue weighted by molar-refractivity contribution is 7.54. The number of hydrogen-bond acceptors (Lipinski definition) is 8. The number of methoxy groups -OCH3 is 1. The van der Waals surface area contributed by atoms with Gasteiger partial charge in [0.05, 0.1) is 13.2 Å². The number of rotatable bonds is 5. The van der Waals surface area contributed by atoms with Gasteiger partial charge >= 0.3 is 19.4 Å². The molecule has 0 N–H and O–H groups in total. The average Bonchev–Trinajstić information content (AvgIpc) is 3.26. The molecular weight excluding hydrogens is 441 g/mol. The minimum atomic E-state index is -3.75. The second kappa shape index (κ2) is 9.23. The highest BCUT2D eigenvalue weighted by atomic mass is 31.2. The maximum atomic E-state index is 13.2. The van der Waals surface area contributed by atoms with E-state index in [9.17, 15) is 23.7 Å². The van der Waals surface area contributed by atoms with Crippen LogP contribution in [0, 0.1) is 6.92 Å². The van der Waals surface area contributed by atoms with E-state index in [-0.39, 0.29) is 24.1 Å². The van der Waals surface area contributed by atoms with Gasteiger partial charge in [-0.25, -0.2) is 9.59 Å². The highest BCUT2D eigenvalue weighted by Gasteiger charge is 2.49. The number of aryl methyl sites for hydroxylation is 1. The first-order chi connectivity index (χ1) is 15.2. The topological polar surface area (TPSA) is 126 Å². The third-order valence-corrected chi connectivity index (χ3v) is 7.67. The Bertz CT molecular complexity index is 1180. The van der Waals surface area contributed by atoms with Crippen LogP contribution in [0.1, 0.15) is 28.4 Å². The number of nitrogens with zero attached hydrogens (tertiary/aromatic N) is 3. The Labute approximate surface area is 183 Å². The van der Waals surface area contributed by atoms with Gasteiger partial charge in [-0.05, 0) is 19.1 Å². The molecule has 32 heavy (non-hydrogen) atoms. The summed E-state index contributed by atoms with van der Waals surface area (Å²) < 4.78 is 29.7. The molecule has 0 aliphatic carbocycles. The first-order valence-electron chi connectivity index (χ1n) is 9.68. The number of benzene rings is 1. The van der Waals surface area contributed by atoms with E-state index in [1.54, 1.807) is 18.2 Å². The Morgan fingerprint density at radius 2 is 1.69 bits per heavy atom. The van der Waals surface area contributed by atoms with Gasteiger partial charge in [-0.1, -0.05) is 18.2 Å². The zero-order valence-electron chi connectivity index (χ0n) is 18.1. The Balaban J connectivity index is 2.10. The van der Waals surface area contributed by atoms with Gasteiger partial charge in [0.1, 0.15) is 5.78 Å². The molecule has 172 valence electrons. The van der Waals surface area contributed by atoms with Crippen LogP contribution < -0.4 is 11.2 Å². The van der Waals surface area contributed by atoms with Crippen molar-refractivity contribution in [2.75, 3.05) is 27.9 Å². The van der Waals surface area contributed by atoms with Crippen LogP contribution in [0.25, 0.3) is 0 Å². The molecule has 0 bridgehead atoms. The van der Waals surface area contributed by atoms with Gasteiger partial charge in [0.25, 0.3) is 11.5 Å². The standard InChI is InChI=1S/C20H24N3O8P/c1-13-11-21(19(26)23(17(13)24)18(25)14-8-6-5-7-9-14)15-10-16(32(28,30-3)31-4)22(12-15)20(27)29-2/h5-9,11,15-16H,10,12H2,1-4H3/t15-,16-/m0/s1. The van der Waals surface area contributed by atoms with Gasteiger partial charge in [0.2, 0.25) is 0 Å². The molecule has 1 aliphatic heterocycles. The van der Waals surface area contributed by atoms with Crippen molar-refractivity contribution < 1.29 is 27.9 Å². The van der Waals surface area contributed by atoms with Crippen molar-refractivity contribution in [3.63, 3.8) is 0 Å². The van der Waals surface area contributed by atoms with E-state index in [0.29, 0.717) is 4.57 Å². The number of aromatic nitrogens is 2. The van der Waals surface area contributed by atoms with E-state index in [1.165, 1.54) is 51.1 Å². The smallest absolute Gasteiger partial charge is 0.410 e. The summed E-state index contributed by atoms with van der Waals surface area (Å²) in [7, 11) is -0.185. The van der Waals surface area contributed by atoms with Gasteiger partial charge in [-0.3, -0.25) is 23.6 Å². The maximum absolute atomic E-state index is 13.2. The van der Waals surface area contributed by atoms with Crippen LogP contribution >= 0.6 is 7.60 Å². The summed E-state index contributed by atoms with van der Waals surface area (Å²) in [5, 5.41) is 0. The molecule has 12 heteroatoms. The molecule has 2 atom stereocenters. The quantitative estimate of drug-likeness (QED) is 0.613. The van der Waals surface area contributed by atoms with Crippen molar-refractivity contribution >= 4 is 19.6 Å². The molecule has 0 radical (unpaired) electrons. The second-order valence-corrected chi connectivity index (χ2v) is 9.62. The Morgan fingerprint density at radius 3 is 2.25 bits per heavy atom. The van der Waals surface area contributed by atoms with Crippen molar-refractivity contribution in [3.05, 3.63) is 68.5 Å². The molecule has 1 aromatic carbocycles. The van der Waals surface area contributed by atoms with Gasteiger partial charge in [0.15, 0.2) is 0 Å². The fourth-order valence-electron chi connectivity index (χ4n) is 3.77. The van der Waals surface area contributed by atoms with E-state index in [0.717, 1.165) is 4.90 Å². The summed E-state index contributed by atoms with van der Waals surface area (Å²) in [4.78, 5) is 52.3. The summed E-state index contributed by atoms with van der Waals surface area (Å²) in [6.45, 7) is 1.41. The lowest BCUT2D eigenvalue weighted by molar-refractivity contribution is 0.0946. The van der Waals surface area contributed by atoms with Gasteiger partial charge in [-0.2, -0.15) is 4.57 Å². The molecular formula is C20H24N3O8P. The minimum absolute atomic E-state index is 0.0190. The van der Waals surface area contributed by atoms with E-state index >= 15 is 0 Å². The van der Waals surface area contributed by atoms with Crippen molar-refractivity contribution in [1.29, 1.82) is 0 Å². The first-order valence-corrected chi connectivity index (χ1v) is 11.3. The summed E-state index contributed by atoms with van der Waals surface area (Å²) >= 11 is 0. The summed E-state index contributed by atoms with van der Waals surface area (Å²) in [5.74, 6) is -1.79. The van der Waals surface area contributed by atoms with E-state index in [2.05, 4.69) is 0 Å². The zero-order valence-corrected chi connectivity index (χ0v) is 19.0. The normalized spacial score (nSPS) is 18.6. The fraction of sp³-hybridized carbons (Fsp3) is 0.400. The summed E-state index contributed by atoms with van der Waals surface area (Å²) in [6.07, 6.45) is 0.572. The summed E-state index contributed by atoms with van der Waals surface area (Å²) in [6, 6.07) is 7.24. The van der Waals surface area contributed by atoms with Crippen molar-refractivity contribution in [3.8, 4) is 0 Å². The SMILES string of the molecule is COC(=O)N1C[C@@H](n2cc(C)c(=O)n(C(=O)c3ccccc3)c2=O)C[C@@H]1P(=O)(OC)OC. The number of hydrogen-bond donors (Lipinski definition) is 0. The third-order valence-electron chi connectivity index (χ3n) is 5.44. The lowest BCUT2D eigenvalue weighted by Crippen LogP contribution is -2.46. The molecule has 0 saturated carbocycles. The zero-order chi connectivity index (χ0) is 23.6. The number of carbonyl (C=O) groups is 2. The Morgan fingerprint density at radius 1 is 1.06 bits per heavy atom. The molecule has 1 aromatic heterocycles. The minimum Gasteiger partial charge on any atom is -0.453 e. The molecule has 2 heterocycles. The third kappa shape index (κ3) is 4.06. The second-order valence-electron chi connectivity index (χ2n) is 7.21. The van der Waals surface area contributed by atoms with E-state index in [4.69, 9.17) is 13.8 Å². The monoisotopic (exact) mass is 465 g/mol. The van der Waals surface area contributed by atoms with Crippen LogP contribution in [0.5, 0.6) is 0 Å². The molecule has 0 unspecified atom stereocenters. The highest BCUT2D eigenvalue weighted by Crippen LogP contribution is 2.57.